The van der Waals surface area contributed by atoms with E-state index in [1.807, 2.05) is 13.8 Å². The van der Waals surface area contributed by atoms with Crippen molar-refractivity contribution in [2.75, 3.05) is 6.54 Å². The lowest BCUT2D eigenvalue weighted by molar-refractivity contribution is -0.118. The summed E-state index contributed by atoms with van der Waals surface area (Å²) >= 11 is 5.52. The van der Waals surface area contributed by atoms with Crippen LogP contribution >= 0.6 is 11.6 Å². The van der Waals surface area contributed by atoms with Crippen molar-refractivity contribution in [1.82, 2.24) is 0 Å². The molecule has 0 bridgehead atoms. The lowest BCUT2D eigenvalue weighted by Gasteiger charge is -2.11. The van der Waals surface area contributed by atoms with Crippen LogP contribution in [0.3, 0.4) is 0 Å². The SMILES string of the molecule is CC.CC(=O)C(CN)c1ccc(Cl)c(F)c1. The molecule has 90 valence electrons. The summed E-state index contributed by atoms with van der Waals surface area (Å²) in [6.07, 6.45) is 0. The highest BCUT2D eigenvalue weighted by molar-refractivity contribution is 6.30. The number of ketones is 1. The summed E-state index contributed by atoms with van der Waals surface area (Å²) in [4.78, 5) is 11.1. The van der Waals surface area contributed by atoms with Gasteiger partial charge in [0.2, 0.25) is 0 Å². The Bertz CT molecular complexity index is 355. The van der Waals surface area contributed by atoms with Crippen LogP contribution in [0.2, 0.25) is 5.02 Å². The van der Waals surface area contributed by atoms with Gasteiger partial charge in [-0.3, -0.25) is 4.79 Å². The number of Topliss-reactive ketones (excluding diaryl/α,β-unsaturated/α-hetero) is 1. The Morgan fingerprint density at radius 1 is 1.50 bits per heavy atom. The van der Waals surface area contributed by atoms with Crippen LogP contribution in [-0.2, 0) is 4.79 Å². The van der Waals surface area contributed by atoms with Crippen LogP contribution in [0.5, 0.6) is 0 Å². The first-order valence-corrected chi connectivity index (χ1v) is 5.59. The Morgan fingerprint density at radius 3 is 2.44 bits per heavy atom. The molecule has 16 heavy (non-hydrogen) atoms. The molecule has 1 aromatic carbocycles. The van der Waals surface area contributed by atoms with Crippen LogP contribution in [0.25, 0.3) is 0 Å². The topological polar surface area (TPSA) is 43.1 Å². The fraction of sp³-hybridized carbons (Fsp3) is 0.417. The van der Waals surface area contributed by atoms with E-state index in [1.165, 1.54) is 19.1 Å². The molecule has 1 atom stereocenters. The Labute approximate surface area is 101 Å². The van der Waals surface area contributed by atoms with Gasteiger partial charge in [0.05, 0.1) is 10.9 Å². The molecule has 0 amide bonds. The summed E-state index contributed by atoms with van der Waals surface area (Å²) in [7, 11) is 0. The molecule has 0 spiro atoms. The summed E-state index contributed by atoms with van der Waals surface area (Å²) in [5.74, 6) is -1.04. The summed E-state index contributed by atoms with van der Waals surface area (Å²) in [6.45, 7) is 5.61. The van der Waals surface area contributed by atoms with Crippen LogP contribution in [-0.4, -0.2) is 12.3 Å². The predicted molar refractivity (Wildman–Crippen MR) is 65.2 cm³/mol. The molecule has 0 aliphatic carbocycles. The van der Waals surface area contributed by atoms with Gasteiger partial charge in [0.25, 0.3) is 0 Å². The van der Waals surface area contributed by atoms with Gasteiger partial charge in [0.15, 0.2) is 0 Å². The van der Waals surface area contributed by atoms with E-state index in [-0.39, 0.29) is 17.4 Å². The molecule has 1 rings (SSSR count). The van der Waals surface area contributed by atoms with Crippen molar-refractivity contribution in [3.05, 3.63) is 34.6 Å². The zero-order valence-electron chi connectivity index (χ0n) is 9.76. The van der Waals surface area contributed by atoms with Crippen LogP contribution in [0.15, 0.2) is 18.2 Å². The van der Waals surface area contributed by atoms with E-state index in [9.17, 15) is 9.18 Å². The normalized spacial score (nSPS) is 11.4. The Morgan fingerprint density at radius 2 is 2.06 bits per heavy atom. The molecule has 0 aliphatic rings. The molecular formula is C12H17ClFNO. The second-order valence-corrected chi connectivity index (χ2v) is 3.48. The van der Waals surface area contributed by atoms with Crippen LogP contribution in [0.1, 0.15) is 32.3 Å². The van der Waals surface area contributed by atoms with E-state index >= 15 is 0 Å². The first-order chi connectivity index (χ1) is 7.56. The van der Waals surface area contributed by atoms with Crippen molar-refractivity contribution >= 4 is 17.4 Å². The van der Waals surface area contributed by atoms with E-state index in [0.29, 0.717) is 5.56 Å². The summed E-state index contributed by atoms with van der Waals surface area (Å²) < 4.78 is 13.1. The molecule has 2 nitrogen and oxygen atoms in total. The summed E-state index contributed by atoms with van der Waals surface area (Å²) in [6, 6.07) is 4.30. The maximum Gasteiger partial charge on any atom is 0.142 e. The molecule has 0 saturated heterocycles. The molecule has 4 heteroatoms. The number of hydrogen-bond acceptors (Lipinski definition) is 2. The second-order valence-electron chi connectivity index (χ2n) is 3.07. The third-order valence-corrected chi connectivity index (χ3v) is 2.38. The molecule has 0 radical (unpaired) electrons. The van der Waals surface area contributed by atoms with Crippen molar-refractivity contribution in [2.45, 2.75) is 26.7 Å². The monoisotopic (exact) mass is 245 g/mol. The molecule has 2 N–H and O–H groups in total. The summed E-state index contributed by atoms with van der Waals surface area (Å²) in [5.41, 5.74) is 5.99. The van der Waals surface area contributed by atoms with E-state index in [2.05, 4.69) is 0 Å². The van der Waals surface area contributed by atoms with Gasteiger partial charge in [0, 0.05) is 6.54 Å². The third kappa shape index (κ3) is 3.91. The molecule has 0 aromatic heterocycles. The zero-order chi connectivity index (χ0) is 12.7. The van der Waals surface area contributed by atoms with Gasteiger partial charge in [-0.05, 0) is 24.6 Å². The number of hydrogen-bond donors (Lipinski definition) is 1. The Kier molecular flexibility index (Phi) is 6.93. The van der Waals surface area contributed by atoms with Gasteiger partial charge in [0.1, 0.15) is 11.6 Å². The fourth-order valence-corrected chi connectivity index (χ4v) is 1.38. The molecular weight excluding hydrogens is 229 g/mol. The quantitative estimate of drug-likeness (QED) is 0.889. The minimum absolute atomic E-state index is 0.0491. The van der Waals surface area contributed by atoms with E-state index in [1.54, 1.807) is 6.07 Å². The van der Waals surface area contributed by atoms with E-state index < -0.39 is 11.7 Å². The number of benzene rings is 1. The minimum Gasteiger partial charge on any atom is -0.329 e. The highest BCUT2D eigenvalue weighted by Crippen LogP contribution is 2.21. The molecule has 1 aromatic rings. The standard InChI is InChI=1S/C10H11ClFNO.C2H6/c1-6(14)8(5-13)7-2-3-9(11)10(12)4-7;1-2/h2-4,8H,5,13H2,1H3;1-2H3. The number of carbonyl (C=O) groups excluding carboxylic acids is 1. The Balaban J connectivity index is 0.00000106. The largest absolute Gasteiger partial charge is 0.329 e. The molecule has 0 fully saturated rings. The van der Waals surface area contributed by atoms with Gasteiger partial charge in [-0.25, -0.2) is 4.39 Å². The van der Waals surface area contributed by atoms with Gasteiger partial charge in [-0.1, -0.05) is 31.5 Å². The van der Waals surface area contributed by atoms with Crippen molar-refractivity contribution in [3.63, 3.8) is 0 Å². The van der Waals surface area contributed by atoms with Crippen molar-refractivity contribution in [1.29, 1.82) is 0 Å². The zero-order valence-corrected chi connectivity index (χ0v) is 10.5. The third-order valence-electron chi connectivity index (χ3n) is 2.07. The first-order valence-electron chi connectivity index (χ1n) is 5.21. The average Bonchev–Trinajstić information content (AvgIpc) is 2.26. The molecule has 1 unspecified atom stereocenters. The maximum atomic E-state index is 13.1. The molecule has 0 heterocycles. The van der Waals surface area contributed by atoms with Crippen molar-refractivity contribution in [2.24, 2.45) is 5.73 Å². The molecule has 0 saturated carbocycles. The van der Waals surface area contributed by atoms with Crippen LogP contribution in [0.4, 0.5) is 4.39 Å². The minimum atomic E-state index is -0.524. The highest BCUT2D eigenvalue weighted by atomic mass is 35.5. The number of carbonyl (C=O) groups is 1. The number of nitrogens with two attached hydrogens (primary N) is 1. The number of rotatable bonds is 3. The van der Waals surface area contributed by atoms with Crippen LogP contribution in [0, 0.1) is 5.82 Å². The van der Waals surface area contributed by atoms with E-state index in [4.69, 9.17) is 17.3 Å². The van der Waals surface area contributed by atoms with Gasteiger partial charge in [-0.2, -0.15) is 0 Å². The highest BCUT2D eigenvalue weighted by Gasteiger charge is 2.15. The smallest absolute Gasteiger partial charge is 0.142 e. The lowest BCUT2D eigenvalue weighted by Crippen LogP contribution is -2.19. The average molecular weight is 246 g/mol. The van der Waals surface area contributed by atoms with Gasteiger partial charge in [-0.15, -0.1) is 0 Å². The number of halogens is 2. The lowest BCUT2D eigenvalue weighted by atomic mass is 9.96. The molecule has 0 aliphatic heterocycles. The Hall–Kier alpha value is -0.930. The van der Waals surface area contributed by atoms with Crippen molar-refractivity contribution < 1.29 is 9.18 Å². The second kappa shape index (κ2) is 7.36. The van der Waals surface area contributed by atoms with Crippen LogP contribution < -0.4 is 5.73 Å². The fourth-order valence-electron chi connectivity index (χ4n) is 1.27. The van der Waals surface area contributed by atoms with Gasteiger partial charge < -0.3 is 5.73 Å². The van der Waals surface area contributed by atoms with Crippen molar-refractivity contribution in [3.8, 4) is 0 Å². The van der Waals surface area contributed by atoms with Gasteiger partial charge >= 0.3 is 0 Å². The summed E-state index contributed by atoms with van der Waals surface area (Å²) in [5, 5.41) is 0.0491. The maximum absolute atomic E-state index is 13.1. The first kappa shape index (κ1) is 15.1. The predicted octanol–water partition coefficient (Wildman–Crippen LogP) is 3.14. The van der Waals surface area contributed by atoms with E-state index in [0.717, 1.165) is 0 Å².